The highest BCUT2D eigenvalue weighted by atomic mass is 35.5. The van der Waals surface area contributed by atoms with E-state index in [1.165, 1.54) is 19.2 Å². The zero-order valence-electron chi connectivity index (χ0n) is 12.8. The molecule has 2 rings (SSSR count). The van der Waals surface area contributed by atoms with E-state index in [1.807, 2.05) is 0 Å². The standard InChI is InChI=1S/C16H16Cl2N2O4/c1-24-9-10-7-11(20(22)23)5-6-14(10)19-8-15(21)16-12(17)3-2-4-13(16)18/h2-7,15,19,21H,8-9H2,1H3. The molecule has 0 saturated carbocycles. The lowest BCUT2D eigenvalue weighted by atomic mass is 10.1. The Balaban J connectivity index is 2.17. The highest BCUT2D eigenvalue weighted by Crippen LogP contribution is 2.31. The minimum Gasteiger partial charge on any atom is -0.386 e. The van der Waals surface area contributed by atoms with Crippen molar-refractivity contribution in [3.63, 3.8) is 0 Å². The summed E-state index contributed by atoms with van der Waals surface area (Å²) in [6.45, 7) is 0.338. The molecule has 0 heterocycles. The molecule has 1 unspecified atom stereocenters. The van der Waals surface area contributed by atoms with Crippen molar-refractivity contribution in [2.75, 3.05) is 19.0 Å². The van der Waals surface area contributed by atoms with E-state index in [1.54, 1.807) is 24.3 Å². The van der Waals surface area contributed by atoms with Gasteiger partial charge in [-0.3, -0.25) is 10.1 Å². The summed E-state index contributed by atoms with van der Waals surface area (Å²) in [7, 11) is 1.50. The number of nitro benzene ring substituents is 1. The first kappa shape index (κ1) is 18.5. The number of aliphatic hydroxyl groups excluding tert-OH is 1. The summed E-state index contributed by atoms with van der Waals surface area (Å²) in [6, 6.07) is 9.38. The van der Waals surface area contributed by atoms with Gasteiger partial charge in [0, 0.05) is 52.6 Å². The molecular weight excluding hydrogens is 355 g/mol. The first-order valence-electron chi connectivity index (χ1n) is 7.06. The maximum atomic E-state index is 10.9. The van der Waals surface area contributed by atoms with Crippen LogP contribution < -0.4 is 5.32 Å². The molecule has 2 aromatic rings. The molecule has 0 fully saturated rings. The van der Waals surface area contributed by atoms with Crippen LogP contribution in [0.15, 0.2) is 36.4 Å². The molecule has 0 saturated heterocycles. The van der Waals surface area contributed by atoms with Crippen LogP contribution in [0.4, 0.5) is 11.4 Å². The van der Waals surface area contributed by atoms with Crippen LogP contribution >= 0.6 is 23.2 Å². The average molecular weight is 371 g/mol. The van der Waals surface area contributed by atoms with E-state index in [2.05, 4.69) is 5.32 Å². The summed E-state index contributed by atoms with van der Waals surface area (Å²) in [4.78, 5) is 10.4. The van der Waals surface area contributed by atoms with Crippen LogP contribution in [0.3, 0.4) is 0 Å². The Bertz CT molecular complexity index is 720. The van der Waals surface area contributed by atoms with Crippen molar-refractivity contribution in [2.45, 2.75) is 12.7 Å². The molecule has 0 aromatic heterocycles. The fraction of sp³-hybridized carbons (Fsp3) is 0.250. The first-order chi connectivity index (χ1) is 11.4. The minimum atomic E-state index is -0.934. The zero-order chi connectivity index (χ0) is 17.7. The molecule has 2 aromatic carbocycles. The highest BCUT2D eigenvalue weighted by Gasteiger charge is 2.17. The molecule has 24 heavy (non-hydrogen) atoms. The number of nitro groups is 1. The summed E-state index contributed by atoms with van der Waals surface area (Å²) in [5, 5.41) is 25.0. The third-order valence-electron chi connectivity index (χ3n) is 3.42. The van der Waals surface area contributed by atoms with E-state index in [0.29, 0.717) is 26.9 Å². The molecule has 8 heteroatoms. The Morgan fingerprint density at radius 1 is 1.29 bits per heavy atom. The lowest BCUT2D eigenvalue weighted by Crippen LogP contribution is -2.14. The van der Waals surface area contributed by atoms with Crippen LogP contribution in [-0.4, -0.2) is 23.7 Å². The fourth-order valence-electron chi connectivity index (χ4n) is 2.28. The third-order valence-corrected chi connectivity index (χ3v) is 4.08. The summed E-state index contributed by atoms with van der Waals surface area (Å²) in [6.07, 6.45) is -0.934. The number of anilines is 1. The molecule has 6 nitrogen and oxygen atoms in total. The number of nitrogens with zero attached hydrogens (tertiary/aromatic N) is 1. The second kappa shape index (κ2) is 8.30. The Morgan fingerprint density at radius 3 is 2.54 bits per heavy atom. The number of aliphatic hydroxyl groups is 1. The normalized spacial score (nSPS) is 12.0. The molecular formula is C16H16Cl2N2O4. The number of halogens is 2. The second-order valence-corrected chi connectivity index (χ2v) is 5.88. The van der Waals surface area contributed by atoms with Crippen LogP contribution in [0, 0.1) is 10.1 Å². The molecule has 0 aliphatic carbocycles. The highest BCUT2D eigenvalue weighted by molar-refractivity contribution is 6.36. The van der Waals surface area contributed by atoms with Gasteiger partial charge in [-0.05, 0) is 18.2 Å². The van der Waals surface area contributed by atoms with Crippen molar-refractivity contribution in [1.82, 2.24) is 0 Å². The Kier molecular flexibility index (Phi) is 6.39. The van der Waals surface area contributed by atoms with Crippen LogP contribution in [0.1, 0.15) is 17.2 Å². The molecule has 2 N–H and O–H groups in total. The molecule has 0 radical (unpaired) electrons. The summed E-state index contributed by atoms with van der Waals surface area (Å²) < 4.78 is 5.07. The van der Waals surface area contributed by atoms with Crippen molar-refractivity contribution < 1.29 is 14.8 Å². The van der Waals surface area contributed by atoms with E-state index in [9.17, 15) is 15.2 Å². The van der Waals surface area contributed by atoms with E-state index in [-0.39, 0.29) is 18.8 Å². The molecule has 0 aliphatic rings. The van der Waals surface area contributed by atoms with Gasteiger partial charge in [-0.25, -0.2) is 0 Å². The van der Waals surface area contributed by atoms with Gasteiger partial charge in [-0.1, -0.05) is 29.3 Å². The monoisotopic (exact) mass is 370 g/mol. The van der Waals surface area contributed by atoms with Gasteiger partial charge >= 0.3 is 0 Å². The smallest absolute Gasteiger partial charge is 0.269 e. The van der Waals surface area contributed by atoms with Gasteiger partial charge in [0.05, 0.1) is 17.6 Å². The van der Waals surface area contributed by atoms with Gasteiger partial charge < -0.3 is 15.2 Å². The summed E-state index contributed by atoms with van der Waals surface area (Å²) in [5.41, 5.74) is 1.65. The maximum Gasteiger partial charge on any atom is 0.269 e. The molecule has 0 spiro atoms. The van der Waals surface area contributed by atoms with Crippen molar-refractivity contribution in [1.29, 1.82) is 0 Å². The van der Waals surface area contributed by atoms with Gasteiger partial charge in [-0.2, -0.15) is 0 Å². The SMILES string of the molecule is COCc1cc([N+](=O)[O-])ccc1NCC(O)c1c(Cl)cccc1Cl. The van der Waals surface area contributed by atoms with E-state index in [0.717, 1.165) is 0 Å². The summed E-state index contributed by atoms with van der Waals surface area (Å²) in [5.74, 6) is 0. The van der Waals surface area contributed by atoms with Crippen LogP contribution in [0.5, 0.6) is 0 Å². The Morgan fingerprint density at radius 2 is 1.96 bits per heavy atom. The van der Waals surface area contributed by atoms with E-state index < -0.39 is 11.0 Å². The van der Waals surface area contributed by atoms with Gasteiger partial charge in [0.2, 0.25) is 0 Å². The maximum absolute atomic E-state index is 10.9. The molecule has 0 amide bonds. The topological polar surface area (TPSA) is 84.6 Å². The number of non-ortho nitro benzene ring substituents is 1. The van der Waals surface area contributed by atoms with E-state index >= 15 is 0 Å². The number of ether oxygens (including phenoxy) is 1. The zero-order valence-corrected chi connectivity index (χ0v) is 14.3. The minimum absolute atomic E-state index is 0.0257. The number of hydrogen-bond acceptors (Lipinski definition) is 5. The first-order valence-corrected chi connectivity index (χ1v) is 7.81. The fourth-order valence-corrected chi connectivity index (χ4v) is 2.93. The van der Waals surface area contributed by atoms with Crippen molar-refractivity contribution >= 4 is 34.6 Å². The number of hydrogen-bond donors (Lipinski definition) is 2. The number of rotatable bonds is 7. The quantitative estimate of drug-likeness (QED) is 0.563. The Labute approximate surface area is 149 Å². The second-order valence-electron chi connectivity index (χ2n) is 5.06. The molecule has 128 valence electrons. The van der Waals surface area contributed by atoms with Crippen LogP contribution in [0.25, 0.3) is 0 Å². The van der Waals surface area contributed by atoms with Crippen molar-refractivity contribution in [3.05, 3.63) is 67.7 Å². The number of nitrogens with one attached hydrogen (secondary N) is 1. The molecule has 0 bridgehead atoms. The third kappa shape index (κ3) is 4.36. The van der Waals surface area contributed by atoms with Gasteiger partial charge in [0.25, 0.3) is 5.69 Å². The van der Waals surface area contributed by atoms with E-state index in [4.69, 9.17) is 27.9 Å². The van der Waals surface area contributed by atoms with Gasteiger partial charge in [-0.15, -0.1) is 0 Å². The van der Waals surface area contributed by atoms with Gasteiger partial charge in [0.1, 0.15) is 0 Å². The number of methoxy groups -OCH3 is 1. The molecule has 1 atom stereocenters. The predicted molar refractivity (Wildman–Crippen MR) is 93.7 cm³/mol. The van der Waals surface area contributed by atoms with Crippen LogP contribution in [0.2, 0.25) is 10.0 Å². The lowest BCUT2D eigenvalue weighted by molar-refractivity contribution is -0.384. The largest absolute Gasteiger partial charge is 0.386 e. The van der Waals surface area contributed by atoms with Gasteiger partial charge in [0.15, 0.2) is 0 Å². The van der Waals surface area contributed by atoms with Crippen molar-refractivity contribution in [2.24, 2.45) is 0 Å². The predicted octanol–water partition coefficient (Wildman–Crippen LogP) is 4.19. The number of benzene rings is 2. The summed E-state index contributed by atoms with van der Waals surface area (Å²) >= 11 is 12.2. The Hall–Kier alpha value is -1.86. The lowest BCUT2D eigenvalue weighted by Gasteiger charge is -2.17. The molecule has 0 aliphatic heterocycles. The van der Waals surface area contributed by atoms with Crippen molar-refractivity contribution in [3.8, 4) is 0 Å². The average Bonchev–Trinajstić information content (AvgIpc) is 2.53. The van der Waals surface area contributed by atoms with Crippen LogP contribution in [-0.2, 0) is 11.3 Å².